The maximum Gasteiger partial charge on any atom is 0.255 e. The molecule has 1 aromatic heterocycles. The molecule has 0 fully saturated rings. The van der Waals surface area contributed by atoms with E-state index in [-0.39, 0.29) is 11.7 Å². The number of amides is 1. The second-order valence-corrected chi connectivity index (χ2v) is 8.85. The Kier molecular flexibility index (Phi) is 6.25. The molecule has 3 aromatic carbocycles. The van der Waals surface area contributed by atoms with Crippen LogP contribution in [-0.2, 0) is 11.4 Å². The van der Waals surface area contributed by atoms with Gasteiger partial charge in [0.05, 0.1) is 5.57 Å². The fourth-order valence-electron chi connectivity index (χ4n) is 4.36. The molecule has 0 bridgehead atoms. The molecule has 1 aliphatic heterocycles. The van der Waals surface area contributed by atoms with Gasteiger partial charge in [-0.15, -0.1) is 0 Å². The number of nitrogens with one attached hydrogen (secondary N) is 2. The lowest BCUT2D eigenvalue weighted by Crippen LogP contribution is -2.31. The molecule has 0 saturated heterocycles. The molecule has 0 unspecified atom stereocenters. The highest BCUT2D eigenvalue weighted by Crippen LogP contribution is 2.36. The number of carbonyl (C=O) groups excluding carboxylic acids is 1. The number of ether oxygens (including phenoxy) is 1. The van der Waals surface area contributed by atoms with Crippen molar-refractivity contribution in [1.82, 2.24) is 14.8 Å². The second-order valence-electron chi connectivity index (χ2n) is 8.85. The van der Waals surface area contributed by atoms with E-state index < -0.39 is 6.04 Å². The Morgan fingerprint density at radius 1 is 1.08 bits per heavy atom. The predicted molar refractivity (Wildman–Crippen MR) is 136 cm³/mol. The fraction of sp³-hybridized carbons (Fsp3) is 0.179. The summed E-state index contributed by atoms with van der Waals surface area (Å²) in [6, 6.07) is 19.2. The van der Waals surface area contributed by atoms with Crippen molar-refractivity contribution in [2.45, 2.75) is 33.4 Å². The Morgan fingerprint density at radius 2 is 1.89 bits per heavy atom. The van der Waals surface area contributed by atoms with Gasteiger partial charge in [-0.05, 0) is 67.8 Å². The summed E-state index contributed by atoms with van der Waals surface area (Å²) >= 11 is 0. The molecule has 0 saturated carbocycles. The third kappa shape index (κ3) is 4.70. The third-order valence-electron chi connectivity index (χ3n) is 6.16. The van der Waals surface area contributed by atoms with Gasteiger partial charge < -0.3 is 15.4 Å². The van der Waals surface area contributed by atoms with Gasteiger partial charge in [-0.2, -0.15) is 10.1 Å². The van der Waals surface area contributed by atoms with E-state index in [2.05, 4.69) is 20.7 Å². The smallest absolute Gasteiger partial charge is 0.255 e. The minimum Gasteiger partial charge on any atom is -0.489 e. The van der Waals surface area contributed by atoms with Gasteiger partial charge in [0.2, 0.25) is 5.95 Å². The highest BCUT2D eigenvalue weighted by Gasteiger charge is 2.33. The normalized spacial score (nSPS) is 14.7. The molecule has 2 heterocycles. The quantitative estimate of drug-likeness (QED) is 0.376. The van der Waals surface area contributed by atoms with Crippen LogP contribution in [0, 0.1) is 19.7 Å². The van der Waals surface area contributed by atoms with E-state index in [1.54, 1.807) is 16.8 Å². The van der Waals surface area contributed by atoms with Gasteiger partial charge in [0.1, 0.15) is 30.5 Å². The number of hydrogen-bond acceptors (Lipinski definition) is 5. The van der Waals surface area contributed by atoms with Crippen molar-refractivity contribution < 1.29 is 13.9 Å². The van der Waals surface area contributed by atoms with Crippen LogP contribution in [0.2, 0.25) is 0 Å². The molecule has 36 heavy (non-hydrogen) atoms. The molecule has 2 N–H and O–H groups in total. The summed E-state index contributed by atoms with van der Waals surface area (Å²) in [5.41, 5.74) is 5.77. The van der Waals surface area contributed by atoms with Crippen LogP contribution in [-0.4, -0.2) is 20.7 Å². The van der Waals surface area contributed by atoms with Gasteiger partial charge in [-0.1, -0.05) is 42.0 Å². The Bertz CT molecular complexity index is 1460. The molecule has 1 aliphatic rings. The molecular weight excluding hydrogens is 457 g/mol. The number of hydrogen-bond donors (Lipinski definition) is 2. The number of nitrogens with zero attached hydrogens (tertiary/aromatic N) is 3. The van der Waals surface area contributed by atoms with Crippen molar-refractivity contribution in [2.24, 2.45) is 0 Å². The first-order valence-corrected chi connectivity index (χ1v) is 11.6. The largest absolute Gasteiger partial charge is 0.489 e. The topological polar surface area (TPSA) is 81.1 Å². The zero-order valence-electron chi connectivity index (χ0n) is 20.2. The Labute approximate surface area is 208 Å². The molecule has 7 nitrogen and oxygen atoms in total. The van der Waals surface area contributed by atoms with E-state index in [0.29, 0.717) is 29.6 Å². The highest BCUT2D eigenvalue weighted by molar-refractivity contribution is 6.06. The molecule has 1 amide bonds. The van der Waals surface area contributed by atoms with E-state index in [1.807, 2.05) is 63.2 Å². The first-order valence-electron chi connectivity index (χ1n) is 11.6. The molecule has 0 radical (unpaired) electrons. The molecule has 5 rings (SSSR count). The van der Waals surface area contributed by atoms with Crippen molar-refractivity contribution >= 4 is 17.5 Å². The molecule has 4 aromatic rings. The van der Waals surface area contributed by atoms with Crippen molar-refractivity contribution in [3.05, 3.63) is 112 Å². The number of aryl methyl sites for hydroxylation is 2. The van der Waals surface area contributed by atoms with Gasteiger partial charge in [-0.25, -0.2) is 9.07 Å². The fourth-order valence-corrected chi connectivity index (χ4v) is 4.36. The standard InChI is InChI=1S/C28H26FN5O2/c1-17-7-12-24(18(2)13-17)33-27(35)25-19(3)32-28-30-16-31-34(28)26(25)21-5-4-6-23(14-21)36-15-20-8-10-22(29)11-9-20/h4-14,16,26H,15H2,1-3H3,(H,33,35)(H,30,31,32)/t26-/m0/s1. The summed E-state index contributed by atoms with van der Waals surface area (Å²) in [5.74, 6) is 0.668. The van der Waals surface area contributed by atoms with Gasteiger partial charge in [0.25, 0.3) is 5.91 Å². The van der Waals surface area contributed by atoms with E-state index >= 15 is 0 Å². The first kappa shape index (κ1) is 23.3. The lowest BCUT2D eigenvalue weighted by molar-refractivity contribution is -0.113. The average Bonchev–Trinajstić information content (AvgIpc) is 3.32. The predicted octanol–water partition coefficient (Wildman–Crippen LogP) is 5.54. The summed E-state index contributed by atoms with van der Waals surface area (Å²) in [5, 5.41) is 10.7. The summed E-state index contributed by atoms with van der Waals surface area (Å²) in [6.45, 7) is 6.14. The number of rotatable bonds is 6. The molecule has 8 heteroatoms. The Hall–Kier alpha value is -4.46. The zero-order valence-corrected chi connectivity index (χ0v) is 20.2. The number of carbonyl (C=O) groups is 1. The lowest BCUT2D eigenvalue weighted by Gasteiger charge is -2.29. The van der Waals surface area contributed by atoms with Crippen LogP contribution >= 0.6 is 0 Å². The number of allylic oxidation sites excluding steroid dienone is 1. The van der Waals surface area contributed by atoms with Crippen LogP contribution < -0.4 is 15.4 Å². The van der Waals surface area contributed by atoms with Crippen molar-refractivity contribution in [3.8, 4) is 5.75 Å². The summed E-state index contributed by atoms with van der Waals surface area (Å²) in [4.78, 5) is 17.9. The van der Waals surface area contributed by atoms with Gasteiger partial charge >= 0.3 is 0 Å². The Morgan fingerprint density at radius 3 is 2.67 bits per heavy atom. The SMILES string of the molecule is CC1=C(C(=O)Nc2ccc(C)cc2C)[C@H](c2cccc(OCc3ccc(F)cc3)c2)n2ncnc2N1. The highest BCUT2D eigenvalue weighted by atomic mass is 19.1. The average molecular weight is 484 g/mol. The van der Waals surface area contributed by atoms with E-state index in [1.165, 1.54) is 18.5 Å². The van der Waals surface area contributed by atoms with Crippen molar-refractivity contribution in [1.29, 1.82) is 0 Å². The van der Waals surface area contributed by atoms with E-state index in [9.17, 15) is 9.18 Å². The minimum absolute atomic E-state index is 0.226. The van der Waals surface area contributed by atoms with Crippen LogP contribution in [0.15, 0.2) is 84.3 Å². The van der Waals surface area contributed by atoms with Crippen LogP contribution in [0.25, 0.3) is 0 Å². The first-order chi connectivity index (χ1) is 17.4. The molecule has 0 aliphatic carbocycles. The van der Waals surface area contributed by atoms with Crippen LogP contribution in [0.4, 0.5) is 16.0 Å². The van der Waals surface area contributed by atoms with Crippen LogP contribution in [0.1, 0.15) is 35.2 Å². The summed E-state index contributed by atoms with van der Waals surface area (Å²) in [7, 11) is 0. The minimum atomic E-state index is -0.510. The maximum atomic E-state index is 13.6. The monoisotopic (exact) mass is 483 g/mol. The number of halogens is 1. The summed E-state index contributed by atoms with van der Waals surface area (Å²) < 4.78 is 20.9. The number of benzene rings is 3. The number of aromatic nitrogens is 3. The second kappa shape index (κ2) is 9.65. The number of anilines is 2. The molecule has 182 valence electrons. The van der Waals surface area contributed by atoms with Gasteiger partial charge in [0, 0.05) is 11.4 Å². The third-order valence-corrected chi connectivity index (χ3v) is 6.16. The van der Waals surface area contributed by atoms with E-state index in [4.69, 9.17) is 4.74 Å². The Balaban J connectivity index is 1.46. The zero-order chi connectivity index (χ0) is 25.2. The van der Waals surface area contributed by atoms with Crippen molar-refractivity contribution in [2.75, 3.05) is 10.6 Å². The molecule has 1 atom stereocenters. The summed E-state index contributed by atoms with van der Waals surface area (Å²) in [6.07, 6.45) is 1.46. The van der Waals surface area contributed by atoms with E-state index in [0.717, 1.165) is 27.9 Å². The lowest BCUT2D eigenvalue weighted by atomic mass is 9.94. The van der Waals surface area contributed by atoms with Crippen molar-refractivity contribution in [3.63, 3.8) is 0 Å². The maximum absolute atomic E-state index is 13.6. The van der Waals surface area contributed by atoms with Gasteiger partial charge in [-0.3, -0.25) is 4.79 Å². The molecule has 0 spiro atoms. The number of fused-ring (bicyclic) bond motifs is 1. The van der Waals surface area contributed by atoms with Crippen LogP contribution in [0.5, 0.6) is 5.75 Å². The van der Waals surface area contributed by atoms with Gasteiger partial charge in [0.15, 0.2) is 0 Å². The van der Waals surface area contributed by atoms with Crippen LogP contribution in [0.3, 0.4) is 0 Å². The molecular formula is C28H26FN5O2.